The minimum absolute atomic E-state index is 0.0745. The summed E-state index contributed by atoms with van der Waals surface area (Å²) < 4.78 is 19.1. The molecule has 0 bridgehead atoms. The van der Waals surface area contributed by atoms with E-state index in [2.05, 4.69) is 0 Å². The fraction of sp³-hybridized carbons (Fsp3) is 0.462. The molecule has 2 rings (SSSR count). The van der Waals surface area contributed by atoms with Crippen LogP contribution in [0.5, 0.6) is 5.75 Å². The van der Waals surface area contributed by atoms with Crippen molar-refractivity contribution in [3.05, 3.63) is 29.6 Å². The van der Waals surface area contributed by atoms with Crippen LogP contribution in [-0.4, -0.2) is 12.4 Å². The molecular formula is C13H17FN2O. The number of rotatable bonds is 4. The maximum Gasteiger partial charge on any atom is 0.137 e. The number of nitrogens with one attached hydrogen (secondary N) is 1. The molecule has 3 nitrogen and oxygen atoms in total. The van der Waals surface area contributed by atoms with Crippen LogP contribution in [0.3, 0.4) is 0 Å². The Hall–Kier alpha value is -1.58. The first-order valence-electron chi connectivity index (χ1n) is 5.94. The van der Waals surface area contributed by atoms with Gasteiger partial charge in [0.2, 0.25) is 0 Å². The van der Waals surface area contributed by atoms with Crippen LogP contribution in [0, 0.1) is 17.1 Å². The van der Waals surface area contributed by atoms with E-state index in [1.165, 1.54) is 31.7 Å². The predicted octanol–water partition coefficient (Wildman–Crippen LogP) is 2.68. The van der Waals surface area contributed by atoms with Crippen LogP contribution >= 0.6 is 0 Å². The fourth-order valence-electron chi connectivity index (χ4n) is 2.27. The first-order valence-corrected chi connectivity index (χ1v) is 5.94. The number of hydrogen-bond donors (Lipinski definition) is 2. The second-order valence-electron chi connectivity index (χ2n) is 4.49. The van der Waals surface area contributed by atoms with Crippen LogP contribution in [0.2, 0.25) is 0 Å². The molecule has 0 aromatic heterocycles. The summed E-state index contributed by atoms with van der Waals surface area (Å²) in [4.78, 5) is 0. The molecule has 92 valence electrons. The van der Waals surface area contributed by atoms with Gasteiger partial charge < -0.3 is 10.5 Å². The van der Waals surface area contributed by atoms with Crippen molar-refractivity contribution in [3.63, 3.8) is 0 Å². The molecule has 0 aliphatic heterocycles. The van der Waals surface area contributed by atoms with Gasteiger partial charge in [0.05, 0.1) is 12.2 Å². The number of nitrogens with two attached hydrogens (primary N) is 1. The molecule has 0 radical (unpaired) electrons. The molecule has 1 aliphatic rings. The molecule has 3 N–H and O–H groups in total. The maximum atomic E-state index is 13.5. The summed E-state index contributed by atoms with van der Waals surface area (Å²) in [5, 5.41) is 7.36. The van der Waals surface area contributed by atoms with Gasteiger partial charge in [0.25, 0.3) is 0 Å². The Bertz CT molecular complexity index is 414. The Morgan fingerprint density at radius 1 is 1.41 bits per heavy atom. The minimum Gasteiger partial charge on any atom is -0.492 e. The summed E-state index contributed by atoms with van der Waals surface area (Å²) in [6.45, 7) is 0.587. The van der Waals surface area contributed by atoms with Gasteiger partial charge in [0.1, 0.15) is 17.4 Å². The van der Waals surface area contributed by atoms with Crippen LogP contribution in [0.1, 0.15) is 31.2 Å². The summed E-state index contributed by atoms with van der Waals surface area (Å²) in [5.74, 6) is 0.147. The van der Waals surface area contributed by atoms with Crippen LogP contribution in [0.15, 0.2) is 18.2 Å². The maximum absolute atomic E-state index is 13.5. The van der Waals surface area contributed by atoms with Gasteiger partial charge in [0, 0.05) is 0 Å². The van der Waals surface area contributed by atoms with Gasteiger partial charge in [-0.1, -0.05) is 18.9 Å². The number of hydrogen-bond acceptors (Lipinski definition) is 2. The van der Waals surface area contributed by atoms with Crippen molar-refractivity contribution < 1.29 is 9.13 Å². The summed E-state index contributed by atoms with van der Waals surface area (Å²) in [6, 6.07) is 4.53. The lowest BCUT2D eigenvalue weighted by Crippen LogP contribution is -2.17. The molecule has 0 atom stereocenters. The lowest BCUT2D eigenvalue weighted by Gasteiger charge is -2.14. The smallest absolute Gasteiger partial charge is 0.137 e. The highest BCUT2D eigenvalue weighted by Crippen LogP contribution is 2.27. The van der Waals surface area contributed by atoms with Gasteiger partial charge in [-0.3, -0.25) is 5.41 Å². The first-order chi connectivity index (χ1) is 8.18. The Morgan fingerprint density at radius 3 is 2.76 bits per heavy atom. The minimum atomic E-state index is -0.499. The molecule has 1 fully saturated rings. The standard InChI is InChI=1S/C13H17FN2O/c14-10-6-3-7-11(12(10)13(15)16)17-8-9-4-1-2-5-9/h3,6-7,9H,1-2,4-5,8H2,(H3,15,16). The van der Waals surface area contributed by atoms with Gasteiger partial charge in [-0.15, -0.1) is 0 Å². The summed E-state index contributed by atoms with van der Waals surface area (Å²) in [5.41, 5.74) is 5.44. The normalized spacial score (nSPS) is 16.1. The second kappa shape index (κ2) is 5.17. The fourth-order valence-corrected chi connectivity index (χ4v) is 2.27. The zero-order valence-electron chi connectivity index (χ0n) is 9.71. The SMILES string of the molecule is N=C(N)c1c(F)cccc1OCC1CCCC1. The number of nitrogen functional groups attached to an aromatic ring is 1. The van der Waals surface area contributed by atoms with Gasteiger partial charge in [0.15, 0.2) is 0 Å². The highest BCUT2D eigenvalue weighted by atomic mass is 19.1. The molecule has 1 aliphatic carbocycles. The van der Waals surface area contributed by atoms with E-state index in [1.54, 1.807) is 12.1 Å². The van der Waals surface area contributed by atoms with Crippen molar-refractivity contribution in [2.24, 2.45) is 11.7 Å². The molecule has 17 heavy (non-hydrogen) atoms. The average molecular weight is 236 g/mol. The Morgan fingerprint density at radius 2 is 2.12 bits per heavy atom. The number of benzene rings is 1. The van der Waals surface area contributed by atoms with Crippen molar-refractivity contribution in [1.82, 2.24) is 0 Å². The topological polar surface area (TPSA) is 59.1 Å². The third kappa shape index (κ3) is 2.75. The molecule has 4 heteroatoms. The van der Waals surface area contributed by atoms with Gasteiger partial charge in [-0.25, -0.2) is 4.39 Å². The summed E-state index contributed by atoms with van der Waals surface area (Å²) in [7, 11) is 0. The van der Waals surface area contributed by atoms with Gasteiger partial charge >= 0.3 is 0 Å². The van der Waals surface area contributed by atoms with E-state index in [9.17, 15) is 4.39 Å². The van der Waals surface area contributed by atoms with Crippen molar-refractivity contribution in [3.8, 4) is 5.75 Å². The van der Waals surface area contributed by atoms with Crippen LogP contribution in [0.25, 0.3) is 0 Å². The first kappa shape index (κ1) is 11.9. The van der Waals surface area contributed by atoms with Crippen molar-refractivity contribution in [2.45, 2.75) is 25.7 Å². The van der Waals surface area contributed by atoms with Crippen molar-refractivity contribution in [2.75, 3.05) is 6.61 Å². The number of amidine groups is 1. The van der Waals surface area contributed by atoms with Gasteiger partial charge in [-0.05, 0) is 30.9 Å². The molecular weight excluding hydrogens is 219 g/mol. The van der Waals surface area contributed by atoms with E-state index < -0.39 is 5.82 Å². The lowest BCUT2D eigenvalue weighted by molar-refractivity contribution is 0.250. The molecule has 1 aromatic rings. The highest BCUT2D eigenvalue weighted by Gasteiger charge is 2.18. The zero-order valence-corrected chi connectivity index (χ0v) is 9.71. The number of ether oxygens (including phenoxy) is 1. The Labute approximate surface area is 100 Å². The predicted molar refractivity (Wildman–Crippen MR) is 64.9 cm³/mol. The van der Waals surface area contributed by atoms with E-state index in [-0.39, 0.29) is 11.4 Å². The van der Waals surface area contributed by atoms with Crippen molar-refractivity contribution in [1.29, 1.82) is 5.41 Å². The van der Waals surface area contributed by atoms with E-state index in [0.29, 0.717) is 18.3 Å². The Kier molecular flexibility index (Phi) is 3.61. The molecule has 1 saturated carbocycles. The molecule has 0 heterocycles. The summed E-state index contributed by atoms with van der Waals surface area (Å²) in [6.07, 6.45) is 4.84. The average Bonchev–Trinajstić information content (AvgIpc) is 2.78. The van der Waals surface area contributed by atoms with E-state index in [1.807, 2.05) is 0 Å². The third-order valence-electron chi connectivity index (χ3n) is 3.19. The van der Waals surface area contributed by atoms with Gasteiger partial charge in [-0.2, -0.15) is 0 Å². The zero-order chi connectivity index (χ0) is 12.3. The van der Waals surface area contributed by atoms with E-state index in [4.69, 9.17) is 15.9 Å². The molecule has 1 aromatic carbocycles. The molecule has 0 amide bonds. The molecule has 0 spiro atoms. The van der Waals surface area contributed by atoms with Crippen molar-refractivity contribution >= 4 is 5.84 Å². The van der Waals surface area contributed by atoms with Crippen LogP contribution in [0.4, 0.5) is 4.39 Å². The largest absolute Gasteiger partial charge is 0.492 e. The Balaban J connectivity index is 2.09. The third-order valence-corrected chi connectivity index (χ3v) is 3.19. The monoisotopic (exact) mass is 236 g/mol. The molecule has 0 saturated heterocycles. The highest BCUT2D eigenvalue weighted by molar-refractivity contribution is 5.97. The lowest BCUT2D eigenvalue weighted by atomic mass is 10.1. The second-order valence-corrected chi connectivity index (χ2v) is 4.49. The van der Waals surface area contributed by atoms with Crippen LogP contribution < -0.4 is 10.5 Å². The quantitative estimate of drug-likeness (QED) is 0.623. The van der Waals surface area contributed by atoms with Crippen LogP contribution in [-0.2, 0) is 0 Å². The summed E-state index contributed by atoms with van der Waals surface area (Å²) >= 11 is 0. The number of halogens is 1. The van der Waals surface area contributed by atoms with E-state index in [0.717, 1.165) is 0 Å². The van der Waals surface area contributed by atoms with E-state index >= 15 is 0 Å². The molecule has 0 unspecified atom stereocenters.